The van der Waals surface area contributed by atoms with E-state index < -0.39 is 16.9 Å². The second-order valence-electron chi connectivity index (χ2n) is 6.87. The number of nitrogens with zero attached hydrogens (tertiary/aromatic N) is 1. The minimum Gasteiger partial charge on any atom is -0.420 e. The van der Waals surface area contributed by atoms with Crippen LogP contribution in [0.1, 0.15) is 29.8 Å². The maximum atomic E-state index is 12.6. The number of likely N-dealkylation sites (N-methyl/N-ethyl adjacent to an activating group) is 1. The zero-order chi connectivity index (χ0) is 20.9. The normalized spacial score (nSPS) is 15.4. The van der Waals surface area contributed by atoms with Crippen molar-refractivity contribution in [1.82, 2.24) is 0 Å². The minimum atomic E-state index is -3.81. The monoisotopic (exact) mass is 472 g/mol. The smallest absolute Gasteiger partial charge is 0.420 e. The van der Waals surface area contributed by atoms with E-state index in [2.05, 4.69) is 26.0 Å². The number of ether oxygens (including phenoxy) is 1. The summed E-state index contributed by atoms with van der Waals surface area (Å²) in [6, 6.07) is 8.65. The van der Waals surface area contributed by atoms with Crippen molar-refractivity contribution in [3.8, 4) is 5.75 Å². The maximum absolute atomic E-state index is 12.6. The summed E-state index contributed by atoms with van der Waals surface area (Å²) in [6.45, 7) is 3.66. The van der Waals surface area contributed by atoms with Crippen molar-refractivity contribution in [2.45, 2.75) is 24.8 Å². The van der Waals surface area contributed by atoms with Gasteiger partial charge in [-0.05, 0) is 50.2 Å². The van der Waals surface area contributed by atoms with Crippen molar-refractivity contribution >= 4 is 50.7 Å². The van der Waals surface area contributed by atoms with E-state index in [0.29, 0.717) is 21.4 Å². The molecule has 0 bridgehead atoms. The van der Waals surface area contributed by atoms with E-state index >= 15 is 0 Å². The number of amides is 2. The van der Waals surface area contributed by atoms with Crippen molar-refractivity contribution in [1.29, 1.82) is 0 Å². The predicted octanol–water partition coefficient (Wildman–Crippen LogP) is 5.12. The number of alkyl halides is 3. The third-order valence-electron chi connectivity index (χ3n) is 4.50. The molecule has 1 heterocycles. The first-order valence-electron chi connectivity index (χ1n) is 8.19. The van der Waals surface area contributed by atoms with E-state index in [1.54, 1.807) is 19.2 Å². The van der Waals surface area contributed by atoms with E-state index in [1.807, 2.05) is 13.8 Å². The van der Waals surface area contributed by atoms with Gasteiger partial charge in [-0.2, -0.15) is 0 Å². The molecular formula is C19H16BrClF2N2O3. The Hall–Kier alpha value is -2.19. The molecule has 0 saturated carbocycles. The van der Waals surface area contributed by atoms with E-state index in [0.717, 1.165) is 5.56 Å². The van der Waals surface area contributed by atoms with Gasteiger partial charge in [-0.15, -0.1) is 8.78 Å². The Bertz CT molecular complexity index is 959. The van der Waals surface area contributed by atoms with Crippen LogP contribution in [0.15, 0.2) is 40.9 Å². The molecule has 148 valence electrons. The average Bonchev–Trinajstić information content (AvgIpc) is 2.76. The summed E-state index contributed by atoms with van der Waals surface area (Å²) in [5, 5.41) is 2.67. The number of rotatable bonds is 4. The topological polar surface area (TPSA) is 58.6 Å². The van der Waals surface area contributed by atoms with Crippen LogP contribution < -0.4 is 15.0 Å². The Morgan fingerprint density at radius 3 is 2.43 bits per heavy atom. The number of benzene rings is 2. The maximum Gasteiger partial charge on any atom is 0.487 e. The lowest BCUT2D eigenvalue weighted by Gasteiger charge is -2.17. The van der Waals surface area contributed by atoms with Crippen molar-refractivity contribution in [2.24, 2.45) is 0 Å². The molecule has 2 aromatic rings. The van der Waals surface area contributed by atoms with Gasteiger partial charge in [0.05, 0.1) is 5.41 Å². The predicted molar refractivity (Wildman–Crippen MR) is 106 cm³/mol. The Morgan fingerprint density at radius 1 is 1.25 bits per heavy atom. The van der Waals surface area contributed by atoms with Crippen LogP contribution in [0.2, 0.25) is 0 Å². The highest BCUT2D eigenvalue weighted by atomic mass is 79.9. The molecule has 0 fully saturated rings. The summed E-state index contributed by atoms with van der Waals surface area (Å²) in [7, 11) is 1.66. The number of hydrogen-bond acceptors (Lipinski definition) is 3. The highest BCUT2D eigenvalue weighted by Gasteiger charge is 2.44. The van der Waals surface area contributed by atoms with Crippen LogP contribution in [0, 0.1) is 0 Å². The van der Waals surface area contributed by atoms with Gasteiger partial charge in [0, 0.05) is 45.6 Å². The number of fused-ring (bicyclic) bond motifs is 1. The molecule has 9 heteroatoms. The Morgan fingerprint density at radius 2 is 1.86 bits per heavy atom. The van der Waals surface area contributed by atoms with E-state index in [1.165, 1.54) is 29.2 Å². The number of nitrogens with one attached hydrogen (secondary N) is 1. The van der Waals surface area contributed by atoms with E-state index in [4.69, 9.17) is 11.6 Å². The molecule has 0 aromatic heterocycles. The number of carbonyl (C=O) groups excluding carboxylic acids is 2. The van der Waals surface area contributed by atoms with Crippen LogP contribution in [-0.4, -0.2) is 24.4 Å². The summed E-state index contributed by atoms with van der Waals surface area (Å²) < 4.78 is 30.2. The van der Waals surface area contributed by atoms with Gasteiger partial charge in [-0.1, -0.05) is 15.9 Å². The van der Waals surface area contributed by atoms with Crippen LogP contribution in [0.5, 0.6) is 5.75 Å². The van der Waals surface area contributed by atoms with Crippen molar-refractivity contribution in [3.05, 3.63) is 52.0 Å². The third kappa shape index (κ3) is 3.84. The van der Waals surface area contributed by atoms with Gasteiger partial charge >= 0.3 is 5.57 Å². The lowest BCUT2D eigenvalue weighted by Crippen LogP contribution is -2.33. The molecule has 3 rings (SSSR count). The molecule has 0 aliphatic carbocycles. The largest absolute Gasteiger partial charge is 0.487 e. The summed E-state index contributed by atoms with van der Waals surface area (Å²) in [5.74, 6) is -0.613. The van der Waals surface area contributed by atoms with Gasteiger partial charge in [-0.25, -0.2) is 0 Å². The molecule has 0 atom stereocenters. The Balaban J connectivity index is 1.83. The van der Waals surface area contributed by atoms with Gasteiger partial charge in [0.25, 0.3) is 5.91 Å². The minimum absolute atomic E-state index is 0.0626. The molecule has 1 N–H and O–H groups in total. The van der Waals surface area contributed by atoms with E-state index in [-0.39, 0.29) is 11.7 Å². The molecule has 0 radical (unpaired) electrons. The lowest BCUT2D eigenvalue weighted by molar-refractivity contribution is -0.121. The van der Waals surface area contributed by atoms with Crippen molar-refractivity contribution in [3.63, 3.8) is 0 Å². The molecule has 5 nitrogen and oxygen atoms in total. The molecule has 0 spiro atoms. The summed E-state index contributed by atoms with van der Waals surface area (Å²) in [6.07, 6.45) is 0. The zero-order valence-electron chi connectivity index (χ0n) is 15.1. The highest BCUT2D eigenvalue weighted by molar-refractivity contribution is 9.10. The van der Waals surface area contributed by atoms with Crippen LogP contribution >= 0.6 is 27.5 Å². The zero-order valence-corrected chi connectivity index (χ0v) is 17.5. The molecule has 1 aliphatic rings. The van der Waals surface area contributed by atoms with Gasteiger partial charge in [0.15, 0.2) is 0 Å². The van der Waals surface area contributed by atoms with Crippen molar-refractivity contribution < 1.29 is 23.1 Å². The quantitative estimate of drug-likeness (QED) is 0.627. The van der Waals surface area contributed by atoms with Gasteiger partial charge in [0.1, 0.15) is 5.75 Å². The third-order valence-corrected chi connectivity index (χ3v) is 5.21. The first-order chi connectivity index (χ1) is 12.9. The van der Waals surface area contributed by atoms with Crippen LogP contribution in [0.25, 0.3) is 0 Å². The second kappa shape index (κ2) is 7.00. The Labute approximate surface area is 173 Å². The number of hydrogen-bond donors (Lipinski definition) is 1. The SMILES string of the molecule is CN1C(=O)C(C)(C)c2c(Br)cc(C(=O)Nc3ccc(OC(F)(F)Cl)cc3)cc21. The average molecular weight is 474 g/mol. The number of carbonyl (C=O) groups is 2. The van der Waals surface area contributed by atoms with Crippen LogP contribution in [0.4, 0.5) is 20.2 Å². The molecule has 1 aliphatic heterocycles. The fourth-order valence-corrected chi connectivity index (χ4v) is 4.22. The van der Waals surface area contributed by atoms with E-state index in [9.17, 15) is 18.4 Å². The van der Waals surface area contributed by atoms with Gasteiger partial charge in [0.2, 0.25) is 5.91 Å². The molecule has 0 unspecified atom stereocenters. The molecular weight excluding hydrogens is 458 g/mol. The fraction of sp³-hybridized carbons (Fsp3) is 0.263. The fourth-order valence-electron chi connectivity index (χ4n) is 3.19. The number of anilines is 2. The van der Waals surface area contributed by atoms with Gasteiger partial charge in [-0.3, -0.25) is 9.59 Å². The molecule has 2 aromatic carbocycles. The second-order valence-corrected chi connectivity index (χ2v) is 8.16. The molecule has 0 saturated heterocycles. The number of halogens is 4. The van der Waals surface area contributed by atoms with Crippen LogP contribution in [-0.2, 0) is 10.2 Å². The summed E-state index contributed by atoms with van der Waals surface area (Å²) in [4.78, 5) is 26.6. The van der Waals surface area contributed by atoms with Gasteiger partial charge < -0.3 is 15.0 Å². The molecule has 2 amide bonds. The van der Waals surface area contributed by atoms with Crippen molar-refractivity contribution in [2.75, 3.05) is 17.3 Å². The summed E-state index contributed by atoms with van der Waals surface area (Å²) >= 11 is 8.18. The Kier molecular flexibility index (Phi) is 5.14. The first kappa shape index (κ1) is 20.5. The lowest BCUT2D eigenvalue weighted by atomic mass is 9.86. The first-order valence-corrected chi connectivity index (χ1v) is 9.36. The highest BCUT2D eigenvalue weighted by Crippen LogP contribution is 2.45. The summed E-state index contributed by atoms with van der Waals surface area (Å²) in [5.41, 5.74) is -2.30. The van der Waals surface area contributed by atoms with Crippen LogP contribution in [0.3, 0.4) is 0 Å². The standard InChI is InChI=1S/C19H16BrClF2N2O3/c1-18(2)15-13(20)8-10(9-14(15)25(3)17(18)27)16(26)24-11-4-6-12(7-5-11)28-19(21,22)23/h4-9H,1-3H3,(H,24,26). The molecule has 28 heavy (non-hydrogen) atoms.